The molecule has 0 spiro atoms. The zero-order valence-electron chi connectivity index (χ0n) is 13.6. The number of esters is 1. The minimum atomic E-state index is -0.538. The average Bonchev–Trinajstić information content (AvgIpc) is 2.41. The van der Waals surface area contributed by atoms with Crippen molar-refractivity contribution in [2.45, 2.75) is 52.3 Å². The number of rotatable bonds is 3. The number of nitrogens with zero attached hydrogens (tertiary/aromatic N) is 1. The summed E-state index contributed by atoms with van der Waals surface area (Å²) in [6, 6.07) is 9.20. The van der Waals surface area contributed by atoms with E-state index in [0.717, 1.165) is 5.56 Å². The summed E-state index contributed by atoms with van der Waals surface area (Å²) in [4.78, 5) is 24.5. The maximum atomic E-state index is 12.3. The van der Waals surface area contributed by atoms with Crippen molar-refractivity contribution in [3.63, 3.8) is 0 Å². The molecule has 5 heteroatoms. The van der Waals surface area contributed by atoms with E-state index in [-0.39, 0.29) is 17.8 Å². The predicted octanol–water partition coefficient (Wildman–Crippen LogP) is 2.27. The number of carbonyl (C=O) groups excluding carboxylic acids is 2. The molecule has 2 atom stereocenters. The van der Waals surface area contributed by atoms with E-state index in [9.17, 15) is 9.59 Å². The van der Waals surface area contributed by atoms with Gasteiger partial charge < -0.3 is 4.74 Å². The third-order valence-corrected chi connectivity index (χ3v) is 3.51. The standard InChI is InChI=1S/C17H24N2O3/c1-12-10-14(20)19(11-13-8-6-5-7-9-13)18-15(12)16(21)22-17(2,3)4/h5-9,12,15,18H,10-11H2,1-4H3/t12-,15+/m1/s1. The Labute approximate surface area is 131 Å². The highest BCUT2D eigenvalue weighted by molar-refractivity contribution is 5.82. The van der Waals surface area contributed by atoms with Crippen LogP contribution >= 0.6 is 0 Å². The Morgan fingerprint density at radius 3 is 2.55 bits per heavy atom. The minimum Gasteiger partial charge on any atom is -0.459 e. The molecule has 2 rings (SSSR count). The smallest absolute Gasteiger partial charge is 0.325 e. The largest absolute Gasteiger partial charge is 0.459 e. The Morgan fingerprint density at radius 2 is 1.95 bits per heavy atom. The number of hydrogen-bond acceptors (Lipinski definition) is 4. The molecule has 0 aromatic heterocycles. The van der Waals surface area contributed by atoms with Crippen LogP contribution in [0.5, 0.6) is 0 Å². The second-order valence-corrected chi connectivity index (χ2v) is 6.79. The summed E-state index contributed by atoms with van der Waals surface area (Å²) in [5.41, 5.74) is 3.51. The quantitative estimate of drug-likeness (QED) is 0.870. The van der Waals surface area contributed by atoms with Gasteiger partial charge in [0, 0.05) is 6.42 Å². The normalized spacial score (nSPS) is 22.5. The van der Waals surface area contributed by atoms with E-state index in [2.05, 4.69) is 5.43 Å². The Bertz CT molecular complexity index is 537. The van der Waals surface area contributed by atoms with Gasteiger partial charge in [0.05, 0.1) is 6.54 Å². The first-order chi connectivity index (χ1) is 10.3. The highest BCUT2D eigenvalue weighted by Crippen LogP contribution is 2.21. The SMILES string of the molecule is C[C@@H]1CC(=O)N(Cc2ccccc2)N[C@@H]1C(=O)OC(C)(C)C. The molecule has 5 nitrogen and oxygen atoms in total. The van der Waals surface area contributed by atoms with Crippen molar-refractivity contribution in [2.75, 3.05) is 0 Å². The lowest BCUT2D eigenvalue weighted by atomic mass is 9.95. The Kier molecular flexibility index (Phi) is 4.86. The van der Waals surface area contributed by atoms with Crippen LogP contribution in [0, 0.1) is 5.92 Å². The van der Waals surface area contributed by atoms with Crippen LogP contribution in [0.4, 0.5) is 0 Å². The van der Waals surface area contributed by atoms with Crippen molar-refractivity contribution in [3.05, 3.63) is 35.9 Å². The van der Waals surface area contributed by atoms with Crippen molar-refractivity contribution in [1.29, 1.82) is 0 Å². The lowest BCUT2D eigenvalue weighted by Gasteiger charge is -2.37. The third kappa shape index (κ3) is 4.31. The van der Waals surface area contributed by atoms with Gasteiger partial charge in [-0.1, -0.05) is 37.3 Å². The second-order valence-electron chi connectivity index (χ2n) is 6.79. The van der Waals surface area contributed by atoms with Crippen LogP contribution in [0.15, 0.2) is 30.3 Å². The van der Waals surface area contributed by atoms with Gasteiger partial charge in [-0.05, 0) is 32.3 Å². The summed E-state index contributed by atoms with van der Waals surface area (Å²) in [6.07, 6.45) is 0.337. The molecule has 0 bridgehead atoms. The summed E-state index contributed by atoms with van der Waals surface area (Å²) in [5, 5.41) is 1.52. The van der Waals surface area contributed by atoms with Gasteiger partial charge in [-0.25, -0.2) is 5.43 Å². The first kappa shape index (κ1) is 16.5. The van der Waals surface area contributed by atoms with Crippen molar-refractivity contribution >= 4 is 11.9 Å². The average molecular weight is 304 g/mol. The van der Waals surface area contributed by atoms with Crippen molar-refractivity contribution in [2.24, 2.45) is 5.92 Å². The fourth-order valence-electron chi connectivity index (χ4n) is 2.42. The first-order valence-corrected chi connectivity index (χ1v) is 7.59. The maximum Gasteiger partial charge on any atom is 0.325 e. The summed E-state index contributed by atoms with van der Waals surface area (Å²) in [5.74, 6) is -0.406. The lowest BCUT2D eigenvalue weighted by Crippen LogP contribution is -2.59. The highest BCUT2D eigenvalue weighted by atomic mass is 16.6. The van der Waals surface area contributed by atoms with Gasteiger partial charge in [0.25, 0.3) is 0 Å². The minimum absolute atomic E-state index is 0.00355. The zero-order valence-corrected chi connectivity index (χ0v) is 13.6. The number of nitrogens with one attached hydrogen (secondary N) is 1. The van der Waals surface area contributed by atoms with Crippen molar-refractivity contribution < 1.29 is 14.3 Å². The Balaban J connectivity index is 2.06. The van der Waals surface area contributed by atoms with E-state index in [0.29, 0.717) is 13.0 Å². The summed E-state index contributed by atoms with van der Waals surface area (Å²) < 4.78 is 5.44. The van der Waals surface area contributed by atoms with Gasteiger partial charge in [-0.3, -0.25) is 14.6 Å². The van der Waals surface area contributed by atoms with E-state index in [1.54, 1.807) is 0 Å². The molecule has 1 fully saturated rings. The second kappa shape index (κ2) is 6.48. The van der Waals surface area contributed by atoms with Crippen LogP contribution in [0.1, 0.15) is 39.7 Å². The van der Waals surface area contributed by atoms with E-state index < -0.39 is 11.6 Å². The maximum absolute atomic E-state index is 12.3. The van der Waals surface area contributed by atoms with Gasteiger partial charge in [0.15, 0.2) is 0 Å². The van der Waals surface area contributed by atoms with E-state index >= 15 is 0 Å². The molecule has 120 valence electrons. The molecular formula is C17H24N2O3. The van der Waals surface area contributed by atoms with E-state index in [1.165, 1.54) is 5.01 Å². The third-order valence-electron chi connectivity index (χ3n) is 3.51. The lowest BCUT2D eigenvalue weighted by molar-refractivity contribution is -0.165. The number of hydrogen-bond donors (Lipinski definition) is 1. The number of ether oxygens (including phenoxy) is 1. The molecule has 1 aliphatic rings. The Hall–Kier alpha value is -1.88. The van der Waals surface area contributed by atoms with Crippen LogP contribution in [0.25, 0.3) is 0 Å². The van der Waals surface area contributed by atoms with E-state index in [1.807, 2.05) is 58.0 Å². The van der Waals surface area contributed by atoms with Crippen LogP contribution in [0.2, 0.25) is 0 Å². The van der Waals surface area contributed by atoms with Crippen LogP contribution in [-0.4, -0.2) is 28.5 Å². The molecule has 1 N–H and O–H groups in total. The fourth-order valence-corrected chi connectivity index (χ4v) is 2.42. The molecule has 0 saturated carbocycles. The van der Waals surface area contributed by atoms with Crippen LogP contribution in [-0.2, 0) is 20.9 Å². The highest BCUT2D eigenvalue weighted by Gasteiger charge is 2.37. The van der Waals surface area contributed by atoms with Gasteiger partial charge in [0.1, 0.15) is 11.6 Å². The number of amides is 1. The molecule has 0 unspecified atom stereocenters. The first-order valence-electron chi connectivity index (χ1n) is 7.59. The summed E-state index contributed by atoms with van der Waals surface area (Å²) in [7, 11) is 0. The molecule has 1 heterocycles. The molecular weight excluding hydrogens is 280 g/mol. The predicted molar refractivity (Wildman–Crippen MR) is 83.5 cm³/mol. The summed E-state index contributed by atoms with van der Waals surface area (Å²) >= 11 is 0. The summed E-state index contributed by atoms with van der Waals surface area (Å²) in [6.45, 7) is 7.84. The molecule has 1 aromatic carbocycles. The monoisotopic (exact) mass is 304 g/mol. The van der Waals surface area contributed by atoms with E-state index in [4.69, 9.17) is 4.74 Å². The molecule has 0 aliphatic carbocycles. The van der Waals surface area contributed by atoms with Crippen molar-refractivity contribution in [1.82, 2.24) is 10.4 Å². The number of hydrazine groups is 1. The van der Waals surface area contributed by atoms with Crippen molar-refractivity contribution in [3.8, 4) is 0 Å². The van der Waals surface area contributed by atoms with Gasteiger partial charge in [0.2, 0.25) is 5.91 Å². The van der Waals surface area contributed by atoms with Gasteiger partial charge in [-0.15, -0.1) is 0 Å². The molecule has 22 heavy (non-hydrogen) atoms. The zero-order chi connectivity index (χ0) is 16.3. The molecule has 1 saturated heterocycles. The number of benzene rings is 1. The molecule has 1 amide bonds. The van der Waals surface area contributed by atoms with Crippen LogP contribution in [0.3, 0.4) is 0 Å². The van der Waals surface area contributed by atoms with Gasteiger partial charge >= 0.3 is 5.97 Å². The molecule has 1 aliphatic heterocycles. The molecule has 0 radical (unpaired) electrons. The Morgan fingerprint density at radius 1 is 1.32 bits per heavy atom. The van der Waals surface area contributed by atoms with Gasteiger partial charge in [-0.2, -0.15) is 0 Å². The number of carbonyl (C=O) groups is 2. The molecule has 1 aromatic rings. The topological polar surface area (TPSA) is 58.6 Å². The fraction of sp³-hybridized carbons (Fsp3) is 0.529. The van der Waals surface area contributed by atoms with Crippen LogP contribution < -0.4 is 5.43 Å².